The molecule has 136 valence electrons. The normalized spacial score (nSPS) is 15.7. The van der Waals surface area contributed by atoms with Crippen LogP contribution < -0.4 is 10.6 Å². The number of anilines is 1. The summed E-state index contributed by atoms with van der Waals surface area (Å²) < 4.78 is 21.3. The molecule has 0 spiro atoms. The second kappa shape index (κ2) is 6.09. The number of rotatable bonds is 1. The number of amides is 1. The van der Waals surface area contributed by atoms with E-state index in [-0.39, 0.29) is 17.6 Å². The van der Waals surface area contributed by atoms with Gasteiger partial charge in [-0.15, -0.1) is 0 Å². The molecule has 0 saturated carbocycles. The van der Waals surface area contributed by atoms with Gasteiger partial charge < -0.3 is 19.5 Å². The third-order valence-electron chi connectivity index (χ3n) is 4.24. The lowest BCUT2D eigenvalue weighted by Gasteiger charge is -2.36. The van der Waals surface area contributed by atoms with Crippen LogP contribution in [-0.4, -0.2) is 52.3 Å². The van der Waals surface area contributed by atoms with Crippen LogP contribution in [0.1, 0.15) is 20.8 Å². The highest BCUT2D eigenvalue weighted by atomic mass is 19.1. The fraction of sp³-hybridized carbons (Fsp3) is 0.529. The Balaban J connectivity index is 1.76. The average molecular weight is 350 g/mol. The Hall–Kier alpha value is -2.51. The number of imidazole rings is 1. The molecule has 1 N–H and O–H groups in total. The van der Waals surface area contributed by atoms with Gasteiger partial charge in [0, 0.05) is 39.3 Å². The second-order valence-electron chi connectivity index (χ2n) is 7.26. The number of piperazine rings is 1. The van der Waals surface area contributed by atoms with Crippen LogP contribution >= 0.6 is 0 Å². The number of hydrogen-bond acceptors (Lipinski definition) is 4. The number of benzene rings is 1. The number of halogens is 1. The van der Waals surface area contributed by atoms with Gasteiger partial charge in [-0.05, 0) is 26.8 Å². The molecule has 0 unspecified atom stereocenters. The minimum Gasteiger partial charge on any atom is -0.444 e. The molecule has 2 heterocycles. The van der Waals surface area contributed by atoms with E-state index in [1.165, 1.54) is 10.6 Å². The van der Waals surface area contributed by atoms with Gasteiger partial charge in [-0.2, -0.15) is 0 Å². The molecule has 0 radical (unpaired) electrons. The lowest BCUT2D eigenvalue weighted by atomic mass is 10.2. The van der Waals surface area contributed by atoms with Crippen LogP contribution in [0.4, 0.5) is 14.9 Å². The van der Waals surface area contributed by atoms with Crippen molar-refractivity contribution in [2.75, 3.05) is 31.1 Å². The van der Waals surface area contributed by atoms with Crippen LogP contribution in [0, 0.1) is 5.82 Å². The summed E-state index contributed by atoms with van der Waals surface area (Å²) in [5.74, 6) is -0.389. The standard InChI is InChI=1S/C17H23FN4O3/c1-17(2,3)25-16(24)22-7-5-21(6-8-22)13-10-14-12(9-11(13)18)19-15(23)20(14)4/h9-10H,5-8H2,1-4H3,(H,19,23). The topological polar surface area (TPSA) is 70.6 Å². The quantitative estimate of drug-likeness (QED) is 0.855. The number of fused-ring (bicyclic) bond motifs is 1. The average Bonchev–Trinajstić information content (AvgIpc) is 2.79. The largest absolute Gasteiger partial charge is 0.444 e. The summed E-state index contributed by atoms with van der Waals surface area (Å²) in [7, 11) is 1.64. The molecular formula is C17H23FN4O3. The van der Waals surface area contributed by atoms with Gasteiger partial charge in [0.05, 0.1) is 16.7 Å². The molecule has 25 heavy (non-hydrogen) atoms. The number of carbonyl (C=O) groups is 1. The lowest BCUT2D eigenvalue weighted by molar-refractivity contribution is 0.0240. The van der Waals surface area contributed by atoms with Crippen molar-refractivity contribution in [3.63, 3.8) is 0 Å². The predicted molar refractivity (Wildman–Crippen MR) is 93.5 cm³/mol. The molecule has 0 bridgehead atoms. The lowest BCUT2D eigenvalue weighted by Crippen LogP contribution is -2.50. The van der Waals surface area contributed by atoms with E-state index in [9.17, 15) is 14.0 Å². The van der Waals surface area contributed by atoms with E-state index in [4.69, 9.17) is 4.74 Å². The Morgan fingerprint density at radius 1 is 1.20 bits per heavy atom. The van der Waals surface area contributed by atoms with Crippen molar-refractivity contribution in [2.45, 2.75) is 26.4 Å². The zero-order chi connectivity index (χ0) is 18.4. The zero-order valence-electron chi connectivity index (χ0n) is 14.9. The fourth-order valence-electron chi connectivity index (χ4n) is 2.94. The van der Waals surface area contributed by atoms with Gasteiger partial charge in [0.1, 0.15) is 11.4 Å². The van der Waals surface area contributed by atoms with Crippen molar-refractivity contribution >= 4 is 22.8 Å². The Labute approximate surface area is 145 Å². The number of aromatic nitrogens is 2. The molecule has 1 amide bonds. The Kier molecular flexibility index (Phi) is 4.22. The van der Waals surface area contributed by atoms with Crippen molar-refractivity contribution in [1.82, 2.24) is 14.5 Å². The van der Waals surface area contributed by atoms with E-state index in [0.29, 0.717) is 42.9 Å². The van der Waals surface area contributed by atoms with Gasteiger partial charge in [-0.3, -0.25) is 4.57 Å². The molecule has 1 aromatic carbocycles. The van der Waals surface area contributed by atoms with Gasteiger partial charge in [-0.25, -0.2) is 14.0 Å². The molecule has 7 nitrogen and oxygen atoms in total. The van der Waals surface area contributed by atoms with Crippen molar-refractivity contribution in [3.8, 4) is 0 Å². The van der Waals surface area contributed by atoms with Gasteiger partial charge in [0.15, 0.2) is 0 Å². The zero-order valence-corrected chi connectivity index (χ0v) is 14.9. The van der Waals surface area contributed by atoms with E-state index in [0.717, 1.165) is 0 Å². The number of hydrogen-bond donors (Lipinski definition) is 1. The van der Waals surface area contributed by atoms with Crippen molar-refractivity contribution < 1.29 is 13.9 Å². The highest BCUT2D eigenvalue weighted by Crippen LogP contribution is 2.25. The first-order valence-corrected chi connectivity index (χ1v) is 8.27. The molecule has 2 aromatic rings. The Bertz CT molecular complexity index is 857. The maximum atomic E-state index is 14.4. The van der Waals surface area contributed by atoms with Gasteiger partial charge in [0.2, 0.25) is 0 Å². The first-order valence-electron chi connectivity index (χ1n) is 8.27. The first-order chi connectivity index (χ1) is 11.7. The van der Waals surface area contributed by atoms with Crippen LogP contribution in [0.5, 0.6) is 0 Å². The predicted octanol–water partition coefficient (Wildman–Crippen LogP) is 2.06. The first kappa shape index (κ1) is 17.3. The molecule has 8 heteroatoms. The van der Waals surface area contributed by atoms with Crippen LogP contribution in [0.2, 0.25) is 0 Å². The smallest absolute Gasteiger partial charge is 0.410 e. The highest BCUT2D eigenvalue weighted by molar-refractivity contribution is 5.80. The Morgan fingerprint density at radius 2 is 1.84 bits per heavy atom. The summed E-state index contributed by atoms with van der Waals surface area (Å²) >= 11 is 0. The van der Waals surface area contributed by atoms with Gasteiger partial charge in [0.25, 0.3) is 0 Å². The van der Waals surface area contributed by atoms with Crippen LogP contribution in [0.15, 0.2) is 16.9 Å². The third kappa shape index (κ3) is 3.47. The number of aryl methyl sites for hydroxylation is 1. The number of aromatic amines is 1. The summed E-state index contributed by atoms with van der Waals surface area (Å²) in [6.45, 7) is 7.39. The number of H-pyrrole nitrogens is 1. The molecule has 1 aromatic heterocycles. The summed E-state index contributed by atoms with van der Waals surface area (Å²) in [5, 5.41) is 0. The molecule has 1 aliphatic rings. The van der Waals surface area contributed by atoms with E-state index in [1.807, 2.05) is 25.7 Å². The van der Waals surface area contributed by atoms with Crippen molar-refractivity contribution in [3.05, 3.63) is 28.4 Å². The molecule has 0 aliphatic carbocycles. The van der Waals surface area contributed by atoms with Crippen molar-refractivity contribution in [2.24, 2.45) is 7.05 Å². The second-order valence-corrected chi connectivity index (χ2v) is 7.26. The number of nitrogens with zero attached hydrogens (tertiary/aromatic N) is 3. The number of ether oxygens (including phenoxy) is 1. The summed E-state index contributed by atoms with van der Waals surface area (Å²) in [4.78, 5) is 29.9. The summed E-state index contributed by atoms with van der Waals surface area (Å²) in [6, 6.07) is 3.01. The molecule has 1 aliphatic heterocycles. The Morgan fingerprint density at radius 3 is 2.44 bits per heavy atom. The number of nitrogens with one attached hydrogen (secondary N) is 1. The fourth-order valence-corrected chi connectivity index (χ4v) is 2.94. The minimum absolute atomic E-state index is 0.277. The van der Waals surface area contributed by atoms with E-state index in [2.05, 4.69) is 4.98 Å². The van der Waals surface area contributed by atoms with E-state index >= 15 is 0 Å². The summed E-state index contributed by atoms with van der Waals surface area (Å²) in [6.07, 6.45) is -0.351. The molecule has 1 fully saturated rings. The molecule has 1 saturated heterocycles. The molecule has 0 atom stereocenters. The van der Waals surface area contributed by atoms with Crippen LogP contribution in [0.3, 0.4) is 0 Å². The van der Waals surface area contributed by atoms with E-state index < -0.39 is 5.60 Å². The van der Waals surface area contributed by atoms with E-state index in [1.54, 1.807) is 18.0 Å². The van der Waals surface area contributed by atoms with Crippen LogP contribution in [0.25, 0.3) is 11.0 Å². The summed E-state index contributed by atoms with van der Waals surface area (Å²) in [5.41, 5.74) is 0.745. The molecular weight excluding hydrogens is 327 g/mol. The van der Waals surface area contributed by atoms with Crippen LogP contribution in [-0.2, 0) is 11.8 Å². The SMILES string of the molecule is Cn1c(=O)[nH]c2cc(F)c(N3CCN(C(=O)OC(C)(C)C)CC3)cc21. The monoisotopic (exact) mass is 350 g/mol. The van der Waals surface area contributed by atoms with Crippen molar-refractivity contribution in [1.29, 1.82) is 0 Å². The maximum Gasteiger partial charge on any atom is 0.410 e. The van der Waals surface area contributed by atoms with Gasteiger partial charge >= 0.3 is 11.8 Å². The maximum absolute atomic E-state index is 14.4. The number of carbonyl (C=O) groups excluding carboxylic acids is 1. The highest BCUT2D eigenvalue weighted by Gasteiger charge is 2.27. The third-order valence-corrected chi connectivity index (χ3v) is 4.24. The molecule has 3 rings (SSSR count). The minimum atomic E-state index is -0.537. The van der Waals surface area contributed by atoms with Gasteiger partial charge in [-0.1, -0.05) is 0 Å².